The zero-order valence-electron chi connectivity index (χ0n) is 6.33. The smallest absolute Gasteiger partial charge is 0.166 e. The lowest BCUT2D eigenvalue weighted by atomic mass is 10.3. The van der Waals surface area contributed by atoms with Gasteiger partial charge >= 0.3 is 6.18 Å². The fourth-order valence-electron chi connectivity index (χ4n) is 0.256. The molecular weight excluding hydrogens is 173 g/mol. The van der Waals surface area contributed by atoms with Gasteiger partial charge in [-0.1, -0.05) is 6.58 Å². The maximum absolute atomic E-state index is 11.8. The van der Waals surface area contributed by atoms with Crippen LogP contribution in [0.15, 0.2) is 22.5 Å². The highest BCUT2D eigenvalue weighted by atomic mass is 32.2. The van der Waals surface area contributed by atoms with Crippen LogP contribution in [0.2, 0.25) is 0 Å². The Labute approximate surface area is 68.2 Å². The number of rotatable bonds is 2. The molecule has 0 fully saturated rings. The number of hydrogen-bond donors (Lipinski definition) is 0. The number of allylic oxidation sites excluding steroid dienone is 2. The quantitative estimate of drug-likeness (QED) is 0.627. The van der Waals surface area contributed by atoms with Crippen molar-refractivity contribution in [3.63, 3.8) is 0 Å². The summed E-state index contributed by atoms with van der Waals surface area (Å²) < 4.78 is 35.4. The summed E-state index contributed by atoms with van der Waals surface area (Å²) in [7, 11) is 0. The summed E-state index contributed by atoms with van der Waals surface area (Å²) in [4.78, 5) is 0.647. The Morgan fingerprint density at radius 2 is 1.82 bits per heavy atom. The van der Waals surface area contributed by atoms with Gasteiger partial charge in [-0.25, -0.2) is 0 Å². The lowest BCUT2D eigenvalue weighted by Crippen LogP contribution is -2.07. The zero-order chi connectivity index (χ0) is 9.07. The molecule has 0 aliphatic carbocycles. The summed E-state index contributed by atoms with van der Waals surface area (Å²) >= 11 is 0.990. The summed E-state index contributed by atoms with van der Waals surface area (Å²) in [6.45, 7) is 6.16. The summed E-state index contributed by atoms with van der Waals surface area (Å²) in [6.07, 6.45) is -4.21. The van der Waals surface area contributed by atoms with E-state index in [0.717, 1.165) is 24.1 Å². The Balaban J connectivity index is 4.12. The van der Waals surface area contributed by atoms with Gasteiger partial charge in [0.15, 0.2) is 0 Å². The van der Waals surface area contributed by atoms with Gasteiger partial charge in [0.25, 0.3) is 0 Å². The summed E-state index contributed by atoms with van der Waals surface area (Å²) in [5, 5.41) is 1.06. The van der Waals surface area contributed by atoms with Crippen molar-refractivity contribution in [3.8, 4) is 0 Å². The highest BCUT2D eigenvalue weighted by Gasteiger charge is 2.29. The largest absolute Gasteiger partial charge is 0.412 e. The van der Waals surface area contributed by atoms with Crippen LogP contribution in [0.25, 0.3) is 0 Å². The van der Waals surface area contributed by atoms with Gasteiger partial charge in [-0.15, -0.1) is 11.8 Å². The van der Waals surface area contributed by atoms with Crippen molar-refractivity contribution in [2.45, 2.75) is 20.0 Å². The molecule has 0 aliphatic heterocycles. The van der Waals surface area contributed by atoms with Crippen LogP contribution in [-0.2, 0) is 0 Å². The van der Waals surface area contributed by atoms with Crippen LogP contribution in [0.5, 0.6) is 0 Å². The van der Waals surface area contributed by atoms with Crippen molar-refractivity contribution in [1.29, 1.82) is 0 Å². The molecule has 0 heterocycles. The predicted molar refractivity (Wildman–Crippen MR) is 42.2 cm³/mol. The van der Waals surface area contributed by atoms with Gasteiger partial charge in [0, 0.05) is 5.57 Å². The van der Waals surface area contributed by atoms with Crippen molar-refractivity contribution < 1.29 is 13.2 Å². The average Bonchev–Trinajstić information content (AvgIpc) is 1.80. The van der Waals surface area contributed by atoms with Gasteiger partial charge < -0.3 is 0 Å². The third kappa shape index (κ3) is 4.95. The van der Waals surface area contributed by atoms with Crippen molar-refractivity contribution in [2.24, 2.45) is 0 Å². The molecule has 0 aromatic carbocycles. The number of alkyl halides is 3. The lowest BCUT2D eigenvalue weighted by molar-refractivity contribution is -0.0910. The van der Waals surface area contributed by atoms with E-state index in [1.54, 1.807) is 6.92 Å². The van der Waals surface area contributed by atoms with E-state index in [2.05, 4.69) is 6.58 Å². The molecule has 0 rings (SSSR count). The molecule has 0 spiro atoms. The average molecular weight is 182 g/mol. The predicted octanol–water partition coefficient (Wildman–Crippen LogP) is 3.72. The Hall–Kier alpha value is -0.380. The minimum atomic E-state index is -4.21. The molecule has 0 radical (unpaired) electrons. The molecule has 0 aliphatic rings. The fraction of sp³-hybridized carbons (Fsp3) is 0.429. The minimum Gasteiger partial charge on any atom is -0.166 e. The van der Waals surface area contributed by atoms with Gasteiger partial charge in [0.1, 0.15) is 0 Å². The number of hydrogen-bond acceptors (Lipinski definition) is 1. The van der Waals surface area contributed by atoms with Crippen LogP contribution in [-0.4, -0.2) is 6.18 Å². The monoisotopic (exact) mass is 182 g/mol. The summed E-state index contributed by atoms with van der Waals surface area (Å²) in [5.41, 5.74) is -0.592. The van der Waals surface area contributed by atoms with Crippen LogP contribution in [0.3, 0.4) is 0 Å². The van der Waals surface area contributed by atoms with E-state index in [0.29, 0.717) is 4.91 Å². The molecule has 0 aromatic heterocycles. The third-order valence-electron chi connectivity index (χ3n) is 0.884. The van der Waals surface area contributed by atoms with E-state index < -0.39 is 11.7 Å². The second-order valence-corrected chi connectivity index (χ2v) is 3.29. The van der Waals surface area contributed by atoms with Crippen LogP contribution < -0.4 is 0 Å². The van der Waals surface area contributed by atoms with E-state index in [-0.39, 0.29) is 0 Å². The standard InChI is InChI=1S/C7H9F3S/c1-5(2)11-4-6(3)7(8,9)10/h4H,1H2,2-3H3/b6-4+. The molecule has 0 saturated carbocycles. The molecule has 0 unspecified atom stereocenters. The molecule has 0 saturated heterocycles. The Morgan fingerprint density at radius 1 is 1.36 bits per heavy atom. The van der Waals surface area contributed by atoms with E-state index in [9.17, 15) is 13.2 Å². The molecule has 0 amide bonds. The van der Waals surface area contributed by atoms with Crippen molar-refractivity contribution in [2.75, 3.05) is 0 Å². The Morgan fingerprint density at radius 3 is 2.09 bits per heavy atom. The molecule has 0 aromatic rings. The number of thioether (sulfide) groups is 1. The lowest BCUT2D eigenvalue weighted by Gasteiger charge is -2.05. The van der Waals surface area contributed by atoms with Crippen molar-refractivity contribution in [3.05, 3.63) is 22.5 Å². The van der Waals surface area contributed by atoms with Crippen LogP contribution in [0.1, 0.15) is 13.8 Å². The topological polar surface area (TPSA) is 0 Å². The SMILES string of the molecule is C=C(C)S/C=C(\C)C(F)(F)F. The second-order valence-electron chi connectivity index (χ2n) is 2.12. The first-order valence-corrected chi connectivity index (χ1v) is 3.78. The van der Waals surface area contributed by atoms with Gasteiger partial charge in [0.05, 0.1) is 0 Å². The van der Waals surface area contributed by atoms with E-state index in [4.69, 9.17) is 0 Å². The third-order valence-corrected chi connectivity index (χ3v) is 1.76. The summed E-state index contributed by atoms with van der Waals surface area (Å²) in [5.74, 6) is 0. The first-order chi connectivity index (χ1) is 4.84. The highest BCUT2D eigenvalue weighted by Crippen LogP contribution is 2.28. The molecule has 11 heavy (non-hydrogen) atoms. The normalized spacial score (nSPS) is 13.4. The molecule has 64 valence electrons. The maximum atomic E-state index is 11.8. The van der Waals surface area contributed by atoms with Gasteiger partial charge in [-0.2, -0.15) is 13.2 Å². The number of halogens is 3. The van der Waals surface area contributed by atoms with E-state index >= 15 is 0 Å². The van der Waals surface area contributed by atoms with Crippen molar-refractivity contribution >= 4 is 11.8 Å². The first kappa shape index (κ1) is 10.6. The molecule has 0 bridgehead atoms. The van der Waals surface area contributed by atoms with E-state index in [1.807, 2.05) is 0 Å². The first-order valence-electron chi connectivity index (χ1n) is 2.90. The molecule has 0 N–H and O–H groups in total. The summed E-state index contributed by atoms with van der Waals surface area (Å²) in [6, 6.07) is 0. The molecular formula is C7H9F3S. The minimum absolute atomic E-state index is 0.592. The Bertz CT molecular complexity index is 179. The molecule has 0 atom stereocenters. The second kappa shape index (κ2) is 3.85. The molecule has 4 heteroatoms. The van der Waals surface area contributed by atoms with Gasteiger partial charge in [-0.05, 0) is 24.2 Å². The van der Waals surface area contributed by atoms with Gasteiger partial charge in [0.2, 0.25) is 0 Å². The van der Waals surface area contributed by atoms with Crippen LogP contribution in [0, 0.1) is 0 Å². The highest BCUT2D eigenvalue weighted by molar-refractivity contribution is 8.05. The Kier molecular flexibility index (Phi) is 3.72. The van der Waals surface area contributed by atoms with Gasteiger partial charge in [-0.3, -0.25) is 0 Å². The maximum Gasteiger partial charge on any atom is 0.412 e. The fourth-order valence-corrected chi connectivity index (χ4v) is 0.767. The van der Waals surface area contributed by atoms with E-state index in [1.165, 1.54) is 0 Å². The van der Waals surface area contributed by atoms with Crippen molar-refractivity contribution in [1.82, 2.24) is 0 Å². The van der Waals surface area contributed by atoms with Crippen LogP contribution >= 0.6 is 11.8 Å². The zero-order valence-corrected chi connectivity index (χ0v) is 7.14. The van der Waals surface area contributed by atoms with Crippen LogP contribution in [0.4, 0.5) is 13.2 Å². The molecule has 0 nitrogen and oxygen atoms in total.